The highest BCUT2D eigenvalue weighted by Gasteiger charge is 2.05. The lowest BCUT2D eigenvalue weighted by atomic mass is 10.1. The summed E-state index contributed by atoms with van der Waals surface area (Å²) in [6, 6.07) is 15.4. The molecule has 138 valence electrons. The third kappa shape index (κ3) is 5.21. The molecule has 7 heteroatoms. The smallest absolute Gasteiger partial charge is 0.250 e. The van der Waals surface area contributed by atoms with E-state index in [4.69, 9.17) is 16.3 Å². The van der Waals surface area contributed by atoms with Crippen LogP contribution in [0.4, 0.5) is 0 Å². The van der Waals surface area contributed by atoms with Gasteiger partial charge in [-0.25, -0.2) is 10.4 Å². The highest BCUT2D eigenvalue weighted by Crippen LogP contribution is 2.23. The first-order valence-corrected chi connectivity index (χ1v) is 9.57. The van der Waals surface area contributed by atoms with Crippen molar-refractivity contribution in [2.75, 3.05) is 12.9 Å². The summed E-state index contributed by atoms with van der Waals surface area (Å²) in [5.41, 5.74) is 5.05. The Morgan fingerprint density at radius 1 is 1.26 bits per heavy atom. The lowest BCUT2D eigenvalue weighted by Crippen LogP contribution is -2.19. The third-order valence-electron chi connectivity index (χ3n) is 3.79. The molecule has 0 aliphatic carbocycles. The molecular formula is C20H18ClN3O2S. The first-order valence-electron chi connectivity index (χ1n) is 8.21. The third-order valence-corrected chi connectivity index (χ3v) is 5.10. The Morgan fingerprint density at radius 3 is 2.78 bits per heavy atom. The molecule has 27 heavy (non-hydrogen) atoms. The van der Waals surface area contributed by atoms with Crippen LogP contribution >= 0.6 is 23.4 Å². The summed E-state index contributed by atoms with van der Waals surface area (Å²) in [4.78, 5) is 17.3. The SMILES string of the molecule is COc1ccc2cc(/C=N\NC(=O)CSc3ccc(C)cc3)c(Cl)nc2c1. The molecule has 0 unspecified atom stereocenters. The first-order chi connectivity index (χ1) is 13.0. The van der Waals surface area contributed by atoms with Gasteiger partial charge in [0.05, 0.1) is 24.6 Å². The van der Waals surface area contributed by atoms with Gasteiger partial charge >= 0.3 is 0 Å². The second-order valence-electron chi connectivity index (χ2n) is 5.82. The molecule has 1 amide bonds. The number of hydrogen-bond donors (Lipinski definition) is 1. The average Bonchev–Trinajstić information content (AvgIpc) is 2.67. The molecule has 0 spiro atoms. The predicted molar refractivity (Wildman–Crippen MR) is 111 cm³/mol. The molecule has 0 bridgehead atoms. The second kappa shape index (κ2) is 8.88. The zero-order valence-electron chi connectivity index (χ0n) is 14.9. The molecule has 1 aromatic heterocycles. The molecule has 1 N–H and O–H groups in total. The Hall–Kier alpha value is -2.57. The van der Waals surface area contributed by atoms with Gasteiger partial charge in [0.15, 0.2) is 0 Å². The van der Waals surface area contributed by atoms with Crippen LogP contribution < -0.4 is 10.2 Å². The maximum Gasteiger partial charge on any atom is 0.250 e. The van der Waals surface area contributed by atoms with Crippen LogP contribution in [-0.4, -0.2) is 30.0 Å². The summed E-state index contributed by atoms with van der Waals surface area (Å²) in [7, 11) is 1.60. The van der Waals surface area contributed by atoms with Crippen LogP contribution in [0.25, 0.3) is 10.9 Å². The molecular weight excluding hydrogens is 382 g/mol. The number of pyridine rings is 1. The van der Waals surface area contributed by atoms with Crippen molar-refractivity contribution < 1.29 is 9.53 Å². The van der Waals surface area contributed by atoms with Crippen LogP contribution in [0.2, 0.25) is 5.15 Å². The Labute approximate surface area is 166 Å². The maximum absolute atomic E-state index is 11.9. The molecule has 0 saturated carbocycles. The van der Waals surface area contributed by atoms with Crippen molar-refractivity contribution in [3.8, 4) is 5.75 Å². The van der Waals surface area contributed by atoms with E-state index in [2.05, 4.69) is 15.5 Å². The van der Waals surface area contributed by atoms with Gasteiger partial charge < -0.3 is 4.74 Å². The zero-order valence-corrected chi connectivity index (χ0v) is 16.5. The highest BCUT2D eigenvalue weighted by atomic mass is 35.5. The quantitative estimate of drug-likeness (QED) is 0.288. The molecule has 0 radical (unpaired) electrons. The first kappa shape index (κ1) is 19.2. The summed E-state index contributed by atoms with van der Waals surface area (Å²) in [5, 5.41) is 5.20. The van der Waals surface area contributed by atoms with Crippen molar-refractivity contribution in [1.82, 2.24) is 10.4 Å². The highest BCUT2D eigenvalue weighted by molar-refractivity contribution is 8.00. The number of halogens is 1. The number of methoxy groups -OCH3 is 1. The molecule has 0 saturated heterocycles. The van der Waals surface area contributed by atoms with E-state index in [9.17, 15) is 4.79 Å². The number of carbonyl (C=O) groups is 1. The number of ether oxygens (including phenoxy) is 1. The minimum absolute atomic E-state index is 0.188. The fourth-order valence-electron chi connectivity index (χ4n) is 2.35. The molecule has 0 aliphatic heterocycles. The number of carbonyl (C=O) groups excluding carboxylic acids is 1. The zero-order chi connectivity index (χ0) is 19.2. The van der Waals surface area contributed by atoms with E-state index in [1.165, 1.54) is 23.5 Å². The molecule has 3 rings (SSSR count). The summed E-state index contributed by atoms with van der Waals surface area (Å²) >= 11 is 7.66. The minimum atomic E-state index is -0.188. The molecule has 0 fully saturated rings. The van der Waals surface area contributed by atoms with E-state index < -0.39 is 0 Å². The Kier molecular flexibility index (Phi) is 6.32. The number of nitrogens with one attached hydrogen (secondary N) is 1. The number of nitrogens with zero attached hydrogens (tertiary/aromatic N) is 2. The monoisotopic (exact) mass is 399 g/mol. The lowest BCUT2D eigenvalue weighted by molar-refractivity contribution is -0.118. The van der Waals surface area contributed by atoms with Gasteiger partial charge in [0.2, 0.25) is 5.91 Å². The molecule has 3 aromatic rings. The molecule has 0 atom stereocenters. The normalized spacial score (nSPS) is 11.1. The van der Waals surface area contributed by atoms with Gasteiger partial charge in [-0.15, -0.1) is 11.8 Å². The Balaban J connectivity index is 1.60. The van der Waals surface area contributed by atoms with Crippen LogP contribution in [0.5, 0.6) is 5.75 Å². The number of hydrazone groups is 1. The van der Waals surface area contributed by atoms with E-state index in [1.54, 1.807) is 7.11 Å². The van der Waals surface area contributed by atoms with Crippen LogP contribution in [0.1, 0.15) is 11.1 Å². The number of aryl methyl sites for hydroxylation is 1. The van der Waals surface area contributed by atoms with Gasteiger partial charge in [-0.1, -0.05) is 29.3 Å². The average molecular weight is 400 g/mol. The molecule has 5 nitrogen and oxygen atoms in total. The van der Waals surface area contributed by atoms with Crippen molar-refractivity contribution >= 4 is 46.4 Å². The van der Waals surface area contributed by atoms with E-state index in [0.29, 0.717) is 16.5 Å². The van der Waals surface area contributed by atoms with Gasteiger partial charge in [-0.3, -0.25) is 4.79 Å². The van der Waals surface area contributed by atoms with Crippen LogP contribution in [0, 0.1) is 6.92 Å². The minimum Gasteiger partial charge on any atom is -0.497 e. The Morgan fingerprint density at radius 2 is 2.04 bits per heavy atom. The number of rotatable bonds is 6. The van der Waals surface area contributed by atoms with Crippen molar-refractivity contribution in [2.24, 2.45) is 5.10 Å². The van der Waals surface area contributed by atoms with Gasteiger partial charge in [0, 0.05) is 21.9 Å². The summed E-state index contributed by atoms with van der Waals surface area (Å²) in [6.45, 7) is 2.03. The number of aromatic nitrogens is 1. The Bertz CT molecular complexity index is 990. The molecule has 0 aliphatic rings. The molecule has 1 heterocycles. The topological polar surface area (TPSA) is 63.6 Å². The summed E-state index contributed by atoms with van der Waals surface area (Å²) in [5.74, 6) is 0.807. The summed E-state index contributed by atoms with van der Waals surface area (Å²) in [6.07, 6.45) is 1.49. The van der Waals surface area contributed by atoms with Crippen LogP contribution in [0.3, 0.4) is 0 Å². The van der Waals surface area contributed by atoms with Crippen LogP contribution in [-0.2, 0) is 4.79 Å². The number of fused-ring (bicyclic) bond motifs is 1. The van der Waals surface area contributed by atoms with Crippen molar-refractivity contribution in [2.45, 2.75) is 11.8 Å². The summed E-state index contributed by atoms with van der Waals surface area (Å²) < 4.78 is 5.19. The second-order valence-corrected chi connectivity index (χ2v) is 7.23. The number of amides is 1. The standard InChI is InChI=1S/C20H18ClN3O2S/c1-13-3-7-17(8-4-13)27-12-19(25)24-22-11-15-9-14-5-6-16(26-2)10-18(14)23-20(15)21/h3-11H,12H2,1-2H3,(H,24,25)/b22-11-. The number of thioether (sulfide) groups is 1. The van der Waals surface area contributed by atoms with E-state index in [-0.39, 0.29) is 11.7 Å². The van der Waals surface area contributed by atoms with Crippen molar-refractivity contribution in [1.29, 1.82) is 0 Å². The number of hydrogen-bond acceptors (Lipinski definition) is 5. The maximum atomic E-state index is 11.9. The predicted octanol–water partition coefficient (Wildman–Crippen LogP) is 4.45. The fraction of sp³-hybridized carbons (Fsp3) is 0.150. The van der Waals surface area contributed by atoms with Gasteiger partial charge in [0.1, 0.15) is 10.9 Å². The lowest BCUT2D eigenvalue weighted by Gasteiger charge is -2.05. The van der Waals surface area contributed by atoms with E-state index in [1.807, 2.05) is 55.5 Å². The van der Waals surface area contributed by atoms with Crippen molar-refractivity contribution in [3.63, 3.8) is 0 Å². The van der Waals surface area contributed by atoms with Gasteiger partial charge in [-0.05, 0) is 37.3 Å². The van der Waals surface area contributed by atoms with E-state index in [0.717, 1.165) is 15.8 Å². The largest absolute Gasteiger partial charge is 0.497 e. The number of benzene rings is 2. The molecule has 2 aromatic carbocycles. The van der Waals surface area contributed by atoms with Gasteiger partial charge in [0.25, 0.3) is 0 Å². The van der Waals surface area contributed by atoms with Crippen LogP contribution in [0.15, 0.2) is 58.5 Å². The fourth-order valence-corrected chi connectivity index (χ4v) is 3.23. The van der Waals surface area contributed by atoms with E-state index >= 15 is 0 Å². The van der Waals surface area contributed by atoms with Crippen molar-refractivity contribution in [3.05, 3.63) is 64.8 Å². The van der Waals surface area contributed by atoms with Gasteiger partial charge in [-0.2, -0.15) is 5.10 Å².